The van der Waals surface area contributed by atoms with Crippen molar-refractivity contribution in [2.24, 2.45) is 5.41 Å². The Hall–Kier alpha value is -2.12. The Bertz CT molecular complexity index is 95.2. The summed E-state index contributed by atoms with van der Waals surface area (Å²) < 4.78 is 9.51. The maximum Gasteiger partial charge on any atom is 0.0438 e. The van der Waals surface area contributed by atoms with Gasteiger partial charge in [-0.25, -0.2) is 14.2 Å². The van der Waals surface area contributed by atoms with Gasteiger partial charge in [0.05, 0.1) is 0 Å². The van der Waals surface area contributed by atoms with Crippen LogP contribution in [0, 0.1) is 26.6 Å². The Labute approximate surface area is 74.7 Å². The van der Waals surface area contributed by atoms with Crippen LogP contribution in [-0.2, 0) is 9.47 Å². The molecule has 0 saturated heterocycles. The first kappa shape index (κ1) is 17.8. The van der Waals surface area contributed by atoms with Crippen LogP contribution in [0.2, 0.25) is 0 Å². The predicted molar refractivity (Wildman–Crippen MR) is 45.7 cm³/mol. The summed E-state index contributed by atoms with van der Waals surface area (Å²) in [5.41, 5.74) is -0.349. The number of rotatable bonds is 7. The molecule has 0 saturated carbocycles. The van der Waals surface area contributed by atoms with E-state index < -0.39 is 0 Å². The number of aliphatic hydroxyl groups is 1. The molecule has 0 aliphatic carbocycles. The average molecular weight is 706 g/mol. The molecule has 0 aromatic rings. The van der Waals surface area contributed by atoms with Crippen molar-refractivity contribution in [3.8, 4) is 0 Å². The molecule has 5 heteroatoms. The van der Waals surface area contributed by atoms with Gasteiger partial charge < -0.3 is 14.6 Å². The van der Waals surface area contributed by atoms with E-state index in [2.05, 4.69) is 14.2 Å². The van der Waals surface area contributed by atoms with E-state index in [0.29, 0.717) is 26.1 Å². The molecule has 0 rings (SSSR count). The maximum absolute atomic E-state index is 8.78. The second-order valence-electron chi connectivity index (χ2n) is 2.87. The zero-order valence-electron chi connectivity index (χ0n) is 8.71. The van der Waals surface area contributed by atoms with E-state index in [1.165, 1.54) is 0 Å². The first-order chi connectivity index (χ1) is 5.74. The van der Waals surface area contributed by atoms with Gasteiger partial charge in [-0.3, -0.25) is 0 Å². The van der Waals surface area contributed by atoms with E-state index >= 15 is 0 Å². The van der Waals surface area contributed by atoms with E-state index in [1.807, 2.05) is 0 Å². The van der Waals surface area contributed by atoms with Crippen LogP contribution in [-0.4, -0.2) is 24.9 Å². The van der Waals surface area contributed by atoms with E-state index in [1.54, 1.807) is 0 Å². The van der Waals surface area contributed by atoms with Crippen molar-refractivity contribution < 1.29 is 14.6 Å². The monoisotopic (exact) mass is 706 g/mol. The Kier molecular flexibility index (Phi) is 11.4. The second kappa shape index (κ2) is 8.97. The molecule has 0 amide bonds. The number of aliphatic hydroxyl groups excluding tert-OH is 1. The Morgan fingerprint density at radius 1 is 1.14 bits per heavy atom. The van der Waals surface area contributed by atoms with Gasteiger partial charge in [-0.1, -0.05) is 0 Å². The summed E-state index contributed by atoms with van der Waals surface area (Å²) >= 11 is 0. The van der Waals surface area contributed by atoms with Crippen molar-refractivity contribution in [2.75, 3.05) is 19.8 Å². The van der Waals surface area contributed by atoms with E-state index in [-0.39, 0.29) is 12.0 Å². The SMILES string of the molecule is [CH]CC(CCO)(CO[CH2-])CO[CH2-].[Rf].[Rf]. The minimum Gasteiger partial charge on any atom is -0.555 e. The van der Waals surface area contributed by atoms with Crippen LogP contribution >= 0.6 is 0 Å². The van der Waals surface area contributed by atoms with E-state index in [4.69, 9.17) is 21.5 Å². The average Bonchev–Trinajstić information content (AvgIpc) is 2.06. The van der Waals surface area contributed by atoms with Gasteiger partial charge in [-0.2, -0.15) is 0 Å². The molecule has 0 bridgehead atoms. The molecular formula is C9H16O3Rf2-2. The van der Waals surface area contributed by atoms with Gasteiger partial charge in [0, 0.05) is 25.2 Å². The molecule has 2 radical (unpaired) electrons. The molecular weight excluding hydrogens is 690 g/mol. The van der Waals surface area contributed by atoms with Gasteiger partial charge in [-0.05, 0) is 19.8 Å². The Morgan fingerprint density at radius 3 is 1.79 bits per heavy atom. The van der Waals surface area contributed by atoms with E-state index in [9.17, 15) is 0 Å². The molecule has 0 heterocycles. The fraction of sp³-hybridized carbons (Fsp3) is 0.667. The molecule has 0 fully saturated rings. The van der Waals surface area contributed by atoms with Crippen molar-refractivity contribution >= 4 is 0 Å². The quantitative estimate of drug-likeness (QED) is 0.404. The predicted octanol–water partition coefficient (Wildman–Crippen LogP) is 1.07. The minimum absolute atomic E-state index is 0. The van der Waals surface area contributed by atoms with Gasteiger partial charge in [0.25, 0.3) is 0 Å². The molecule has 14 heavy (non-hydrogen) atoms. The normalized spacial score (nSPS) is 10.3. The summed E-state index contributed by atoms with van der Waals surface area (Å²) in [4.78, 5) is 0. The fourth-order valence-electron chi connectivity index (χ4n) is 1.08. The molecule has 1 N–H and O–H groups in total. The molecule has 3 nitrogen and oxygen atoms in total. The zero-order valence-corrected chi connectivity index (χ0v) is 21.5. The van der Waals surface area contributed by atoms with Crippen molar-refractivity contribution in [3.05, 3.63) is 21.1 Å². The standard InChI is InChI=1S/C9H16O3.2Rf/c1-4-9(5-6-10,7-11-2)8-12-3;;/h1,10H,2-8H2;;/q-2;;. The van der Waals surface area contributed by atoms with Crippen LogP contribution in [0.3, 0.4) is 0 Å². The van der Waals surface area contributed by atoms with Crippen LogP contribution in [0.5, 0.6) is 0 Å². The van der Waals surface area contributed by atoms with Crippen LogP contribution in [0.1, 0.15) is 12.8 Å². The van der Waals surface area contributed by atoms with Crippen molar-refractivity contribution in [3.63, 3.8) is 0 Å². The second-order valence-corrected chi connectivity index (χ2v) is 2.87. The summed E-state index contributed by atoms with van der Waals surface area (Å²) in [6, 6.07) is 0. The van der Waals surface area contributed by atoms with Crippen molar-refractivity contribution in [1.82, 2.24) is 0 Å². The van der Waals surface area contributed by atoms with Crippen molar-refractivity contribution in [2.45, 2.75) is 12.8 Å². The van der Waals surface area contributed by atoms with Crippen LogP contribution < -0.4 is 0 Å². The van der Waals surface area contributed by atoms with Crippen molar-refractivity contribution in [1.29, 1.82) is 0 Å². The molecule has 0 atom stereocenters. The molecule has 0 aliphatic heterocycles. The van der Waals surface area contributed by atoms with Gasteiger partial charge in [0.15, 0.2) is 0 Å². The topological polar surface area (TPSA) is 38.7 Å². The molecule has 76 valence electrons. The van der Waals surface area contributed by atoms with Gasteiger partial charge in [0.1, 0.15) is 0 Å². The van der Waals surface area contributed by atoms with Gasteiger partial charge in [-0.15, -0.1) is 0 Å². The smallest absolute Gasteiger partial charge is 0.0438 e. The molecule has 0 aromatic carbocycles. The molecule has 0 unspecified atom stereocenters. The van der Waals surface area contributed by atoms with E-state index in [0.717, 1.165) is 0 Å². The Morgan fingerprint density at radius 2 is 1.57 bits per heavy atom. The largest absolute Gasteiger partial charge is 0.555 e. The number of ether oxygens (including phenoxy) is 2. The summed E-state index contributed by atoms with van der Waals surface area (Å²) in [6.07, 6.45) is 0.924. The number of hydrogen-bond donors (Lipinski definition) is 1. The third-order valence-electron chi connectivity index (χ3n) is 1.89. The third-order valence-corrected chi connectivity index (χ3v) is 1.89. The van der Waals surface area contributed by atoms with Crippen LogP contribution in [0.25, 0.3) is 0 Å². The number of hydrogen-bond acceptors (Lipinski definition) is 3. The molecule has 0 aliphatic rings. The first-order valence-corrected chi connectivity index (χ1v) is 3.79. The minimum atomic E-state index is -0.349. The van der Waals surface area contributed by atoms with Crippen LogP contribution in [0.15, 0.2) is 0 Å². The first-order valence-electron chi connectivity index (χ1n) is 3.79. The summed E-state index contributed by atoms with van der Waals surface area (Å²) in [6.45, 7) is 6.35. The summed E-state index contributed by atoms with van der Waals surface area (Å²) in [7, 11) is 6.54. The molecule has 0 spiro atoms. The maximum atomic E-state index is 8.78. The molecule has 0 aromatic heterocycles. The fourth-order valence-corrected chi connectivity index (χ4v) is 1.08. The van der Waals surface area contributed by atoms with Gasteiger partial charge in [0.2, 0.25) is 0 Å². The van der Waals surface area contributed by atoms with Gasteiger partial charge >= 0.3 is 0 Å². The third kappa shape index (κ3) is 4.70. The Balaban J connectivity index is -0.000000605. The zero-order chi connectivity index (χ0) is 9.45. The van der Waals surface area contributed by atoms with Crippen LogP contribution in [0.4, 0.5) is 0 Å². The summed E-state index contributed by atoms with van der Waals surface area (Å²) in [5.74, 6) is 0. The summed E-state index contributed by atoms with van der Waals surface area (Å²) in [5, 5.41) is 8.78.